The van der Waals surface area contributed by atoms with E-state index in [1.54, 1.807) is 6.08 Å². The van der Waals surface area contributed by atoms with Gasteiger partial charge in [0.05, 0.1) is 18.8 Å². The largest absolute Gasteiger partial charge is 0.346 e. The van der Waals surface area contributed by atoms with Crippen LogP contribution in [0.15, 0.2) is 12.7 Å². The highest BCUT2D eigenvalue weighted by atomic mass is 16.8. The Labute approximate surface area is 103 Å². The topological polar surface area (TPSA) is 36.9 Å². The summed E-state index contributed by atoms with van der Waals surface area (Å²) in [6.07, 6.45) is 1.32. The van der Waals surface area contributed by atoms with Crippen molar-refractivity contribution in [1.82, 2.24) is 0 Å². The fourth-order valence-electron chi connectivity index (χ4n) is 2.41. The second kappa shape index (κ2) is 4.69. The molecule has 0 saturated carbocycles. The third-order valence-electron chi connectivity index (χ3n) is 3.42. The Morgan fingerprint density at radius 1 is 1.24 bits per heavy atom. The number of hydrogen-bond donors (Lipinski definition) is 0. The average molecular weight is 242 g/mol. The lowest BCUT2D eigenvalue weighted by Crippen LogP contribution is -2.52. The van der Waals surface area contributed by atoms with Crippen molar-refractivity contribution in [3.63, 3.8) is 0 Å². The van der Waals surface area contributed by atoms with E-state index < -0.39 is 5.79 Å². The SMILES string of the molecule is C=CCOC1O[C@@H](C)[C@H](C)[C@H]2OC(C)(C)O[C@@H]12. The van der Waals surface area contributed by atoms with Crippen LogP contribution in [-0.2, 0) is 18.9 Å². The summed E-state index contributed by atoms with van der Waals surface area (Å²) in [5.41, 5.74) is 0. The molecule has 0 aliphatic carbocycles. The summed E-state index contributed by atoms with van der Waals surface area (Å²) in [6.45, 7) is 12.1. The molecule has 0 aromatic carbocycles. The van der Waals surface area contributed by atoms with E-state index >= 15 is 0 Å². The summed E-state index contributed by atoms with van der Waals surface area (Å²) in [6, 6.07) is 0. The van der Waals surface area contributed by atoms with E-state index in [1.165, 1.54) is 0 Å². The van der Waals surface area contributed by atoms with Gasteiger partial charge < -0.3 is 18.9 Å². The lowest BCUT2D eigenvalue weighted by molar-refractivity contribution is -0.256. The first-order valence-corrected chi connectivity index (χ1v) is 6.18. The zero-order chi connectivity index (χ0) is 12.6. The van der Waals surface area contributed by atoms with Gasteiger partial charge in [-0.15, -0.1) is 6.58 Å². The van der Waals surface area contributed by atoms with Crippen molar-refractivity contribution < 1.29 is 18.9 Å². The van der Waals surface area contributed by atoms with Gasteiger partial charge in [0.1, 0.15) is 6.10 Å². The van der Waals surface area contributed by atoms with Crippen LogP contribution in [0.5, 0.6) is 0 Å². The molecule has 0 amide bonds. The molecular weight excluding hydrogens is 220 g/mol. The highest BCUT2D eigenvalue weighted by Crippen LogP contribution is 2.40. The Balaban J connectivity index is 2.11. The van der Waals surface area contributed by atoms with Crippen LogP contribution in [0.3, 0.4) is 0 Å². The van der Waals surface area contributed by atoms with E-state index in [4.69, 9.17) is 18.9 Å². The standard InChI is InChI=1S/C13H22O4/c1-6-7-14-12-11-10(8(2)9(3)15-12)16-13(4,5)17-11/h6,8-12H,1,7H2,2-5H3/t8-,9-,10+,11+,12?/m0/s1. The predicted molar refractivity (Wildman–Crippen MR) is 63.5 cm³/mol. The van der Waals surface area contributed by atoms with Crippen molar-refractivity contribution in [2.24, 2.45) is 5.92 Å². The number of rotatable bonds is 3. The smallest absolute Gasteiger partial charge is 0.187 e. The highest BCUT2D eigenvalue weighted by Gasteiger charge is 2.53. The van der Waals surface area contributed by atoms with Crippen LogP contribution in [0.2, 0.25) is 0 Å². The zero-order valence-electron chi connectivity index (χ0n) is 11.0. The fraction of sp³-hybridized carbons (Fsp3) is 0.846. The third-order valence-corrected chi connectivity index (χ3v) is 3.42. The van der Waals surface area contributed by atoms with Gasteiger partial charge in [-0.05, 0) is 20.8 Å². The van der Waals surface area contributed by atoms with Gasteiger partial charge in [0.15, 0.2) is 12.1 Å². The lowest BCUT2D eigenvalue weighted by atomic mass is 9.92. The van der Waals surface area contributed by atoms with Crippen LogP contribution in [0.25, 0.3) is 0 Å². The molecule has 4 nitrogen and oxygen atoms in total. The molecule has 0 bridgehead atoms. The first-order chi connectivity index (χ1) is 7.94. The molecule has 0 aromatic heterocycles. The summed E-state index contributed by atoms with van der Waals surface area (Å²) in [5.74, 6) is -0.266. The third kappa shape index (κ3) is 2.55. The van der Waals surface area contributed by atoms with E-state index in [0.29, 0.717) is 12.5 Å². The van der Waals surface area contributed by atoms with Crippen LogP contribution in [0.1, 0.15) is 27.7 Å². The minimum Gasteiger partial charge on any atom is -0.346 e. The molecule has 17 heavy (non-hydrogen) atoms. The zero-order valence-corrected chi connectivity index (χ0v) is 11.0. The Kier molecular flexibility index (Phi) is 3.59. The van der Waals surface area contributed by atoms with Gasteiger partial charge in [-0.1, -0.05) is 13.0 Å². The van der Waals surface area contributed by atoms with Crippen molar-refractivity contribution in [3.05, 3.63) is 12.7 Å². The second-order valence-corrected chi connectivity index (χ2v) is 5.26. The highest BCUT2D eigenvalue weighted by molar-refractivity contribution is 4.93. The molecule has 0 spiro atoms. The molecule has 2 aliphatic heterocycles. The maximum absolute atomic E-state index is 5.94. The van der Waals surface area contributed by atoms with Crippen LogP contribution in [-0.4, -0.2) is 37.0 Å². The number of fused-ring (bicyclic) bond motifs is 1. The van der Waals surface area contributed by atoms with Crippen molar-refractivity contribution in [2.45, 2.75) is 58.1 Å². The Bertz CT molecular complexity index is 289. The van der Waals surface area contributed by atoms with E-state index in [1.807, 2.05) is 20.8 Å². The lowest BCUT2D eigenvalue weighted by Gasteiger charge is -2.39. The first kappa shape index (κ1) is 13.0. The number of hydrogen-bond acceptors (Lipinski definition) is 4. The molecule has 98 valence electrons. The molecule has 0 radical (unpaired) electrons. The second-order valence-electron chi connectivity index (χ2n) is 5.26. The quantitative estimate of drug-likeness (QED) is 0.710. The Morgan fingerprint density at radius 2 is 1.88 bits per heavy atom. The van der Waals surface area contributed by atoms with Gasteiger partial charge in [-0.25, -0.2) is 0 Å². The minimum absolute atomic E-state index is 0.0311. The van der Waals surface area contributed by atoms with Gasteiger partial charge in [0.2, 0.25) is 0 Å². The van der Waals surface area contributed by atoms with Crippen molar-refractivity contribution in [1.29, 1.82) is 0 Å². The van der Waals surface area contributed by atoms with E-state index in [-0.39, 0.29) is 24.6 Å². The molecule has 2 heterocycles. The summed E-state index contributed by atoms with van der Waals surface area (Å²) in [4.78, 5) is 0. The van der Waals surface area contributed by atoms with Crippen LogP contribution >= 0.6 is 0 Å². The monoisotopic (exact) mass is 242 g/mol. The van der Waals surface area contributed by atoms with Crippen molar-refractivity contribution in [3.8, 4) is 0 Å². The molecule has 5 atom stereocenters. The maximum atomic E-state index is 5.94. The van der Waals surface area contributed by atoms with Crippen molar-refractivity contribution in [2.75, 3.05) is 6.61 Å². The normalized spacial score (nSPS) is 44.4. The summed E-state index contributed by atoms with van der Waals surface area (Å²) in [5, 5.41) is 0. The molecule has 4 heteroatoms. The minimum atomic E-state index is -0.563. The molecule has 2 fully saturated rings. The average Bonchev–Trinajstić information content (AvgIpc) is 2.58. The molecule has 0 aromatic rings. The molecule has 2 saturated heterocycles. The molecule has 1 unspecified atom stereocenters. The van der Waals surface area contributed by atoms with Crippen LogP contribution < -0.4 is 0 Å². The summed E-state index contributed by atoms with van der Waals surface area (Å²) >= 11 is 0. The fourth-order valence-corrected chi connectivity index (χ4v) is 2.41. The predicted octanol–water partition coefficient (Wildman–Crippen LogP) is 2.09. The molecule has 2 aliphatic rings. The Hall–Kier alpha value is -0.420. The maximum Gasteiger partial charge on any atom is 0.187 e. The van der Waals surface area contributed by atoms with Crippen LogP contribution in [0.4, 0.5) is 0 Å². The van der Waals surface area contributed by atoms with Gasteiger partial charge in [-0.3, -0.25) is 0 Å². The van der Waals surface area contributed by atoms with Gasteiger partial charge >= 0.3 is 0 Å². The summed E-state index contributed by atoms with van der Waals surface area (Å²) < 4.78 is 23.3. The van der Waals surface area contributed by atoms with E-state index in [9.17, 15) is 0 Å². The molecule has 2 rings (SSSR count). The van der Waals surface area contributed by atoms with Crippen LogP contribution in [0, 0.1) is 5.92 Å². The first-order valence-electron chi connectivity index (χ1n) is 6.18. The summed E-state index contributed by atoms with van der Waals surface area (Å²) in [7, 11) is 0. The van der Waals surface area contributed by atoms with Crippen molar-refractivity contribution >= 4 is 0 Å². The van der Waals surface area contributed by atoms with E-state index in [2.05, 4.69) is 13.5 Å². The van der Waals surface area contributed by atoms with Gasteiger partial charge in [0.25, 0.3) is 0 Å². The molecule has 0 N–H and O–H groups in total. The van der Waals surface area contributed by atoms with Gasteiger partial charge in [0, 0.05) is 5.92 Å². The Morgan fingerprint density at radius 3 is 2.53 bits per heavy atom. The van der Waals surface area contributed by atoms with Gasteiger partial charge in [-0.2, -0.15) is 0 Å². The number of ether oxygens (including phenoxy) is 4. The molecular formula is C13H22O4. The van der Waals surface area contributed by atoms with E-state index in [0.717, 1.165) is 0 Å².